The Balaban J connectivity index is 3.54. The molecular weight excluding hydrogens is 169 g/mol. The van der Waals surface area contributed by atoms with Gasteiger partial charge in [0.25, 0.3) is 0 Å². The Labute approximate surface area is 66.7 Å². The van der Waals surface area contributed by atoms with Gasteiger partial charge in [-0.2, -0.15) is 0 Å². The quantitative estimate of drug-likeness (QED) is 0.658. The largest absolute Gasteiger partial charge is 0.330 e. The van der Waals surface area contributed by atoms with E-state index in [1.54, 1.807) is 0 Å². The minimum Gasteiger partial charge on any atom is -0.330 e. The maximum Gasteiger partial charge on any atom is 0.147 e. The smallest absolute Gasteiger partial charge is 0.147 e. The van der Waals surface area contributed by atoms with Crippen LogP contribution in [-0.2, 0) is 9.84 Å². The molecule has 0 aromatic carbocycles. The molecule has 0 bridgehead atoms. The monoisotopic (exact) mass is 183 g/mol. The first-order valence-electron chi connectivity index (χ1n) is 3.47. The molecule has 3 nitrogen and oxygen atoms in total. The highest BCUT2D eigenvalue weighted by Gasteiger charge is 2.09. The Morgan fingerprint density at radius 2 is 2.00 bits per heavy atom. The van der Waals surface area contributed by atoms with E-state index in [1.807, 2.05) is 0 Å². The molecule has 2 N–H and O–H groups in total. The van der Waals surface area contributed by atoms with Crippen molar-refractivity contribution in [1.29, 1.82) is 0 Å². The highest BCUT2D eigenvalue weighted by atomic mass is 32.2. The van der Waals surface area contributed by atoms with Gasteiger partial charge >= 0.3 is 0 Å². The Morgan fingerprint density at radius 1 is 1.45 bits per heavy atom. The predicted octanol–water partition coefficient (Wildman–Crippen LogP) is 0.108. The van der Waals surface area contributed by atoms with E-state index >= 15 is 0 Å². The third-order valence-corrected chi connectivity index (χ3v) is 2.26. The number of rotatable bonds is 5. The van der Waals surface area contributed by atoms with Crippen LogP contribution in [0.15, 0.2) is 0 Å². The van der Waals surface area contributed by atoms with Gasteiger partial charge in [0.2, 0.25) is 0 Å². The summed E-state index contributed by atoms with van der Waals surface area (Å²) in [6, 6.07) is 0. The van der Waals surface area contributed by atoms with Crippen molar-refractivity contribution in [3.05, 3.63) is 0 Å². The molecule has 0 aliphatic carbocycles. The van der Waals surface area contributed by atoms with E-state index in [-0.39, 0.29) is 25.1 Å². The van der Waals surface area contributed by atoms with Crippen molar-refractivity contribution in [2.24, 2.45) is 5.73 Å². The van der Waals surface area contributed by atoms with Crippen LogP contribution in [-0.4, -0.2) is 33.1 Å². The van der Waals surface area contributed by atoms with Crippen LogP contribution in [0.5, 0.6) is 0 Å². The van der Waals surface area contributed by atoms with Crippen LogP contribution < -0.4 is 5.73 Å². The lowest BCUT2D eigenvalue weighted by atomic mass is 10.2. The van der Waals surface area contributed by atoms with Crippen LogP contribution in [0, 0.1) is 0 Å². The topological polar surface area (TPSA) is 60.2 Å². The molecular formula is C6H14FNO2S. The molecule has 0 aromatic heterocycles. The minimum absolute atomic E-state index is 0.0655. The minimum atomic E-state index is -3.02. The van der Waals surface area contributed by atoms with E-state index in [2.05, 4.69) is 0 Å². The molecule has 0 rings (SSSR count). The zero-order valence-corrected chi connectivity index (χ0v) is 7.40. The summed E-state index contributed by atoms with van der Waals surface area (Å²) in [7, 11) is -3.02. The van der Waals surface area contributed by atoms with E-state index in [0.29, 0.717) is 0 Å². The molecule has 68 valence electrons. The summed E-state index contributed by atoms with van der Waals surface area (Å²) in [5.74, 6) is -0.0891. The van der Waals surface area contributed by atoms with Gasteiger partial charge in [-0.1, -0.05) is 0 Å². The summed E-state index contributed by atoms with van der Waals surface area (Å²) in [6.07, 6.45) is 0.336. The molecule has 1 unspecified atom stereocenters. The van der Waals surface area contributed by atoms with Crippen molar-refractivity contribution in [1.82, 2.24) is 0 Å². The van der Waals surface area contributed by atoms with Crippen molar-refractivity contribution in [2.75, 3.05) is 18.6 Å². The van der Waals surface area contributed by atoms with E-state index in [0.717, 1.165) is 6.26 Å². The summed E-state index contributed by atoms with van der Waals surface area (Å²) in [5, 5.41) is 0. The first kappa shape index (κ1) is 10.8. The molecule has 0 saturated heterocycles. The Bertz CT molecular complexity index is 191. The van der Waals surface area contributed by atoms with Gasteiger partial charge in [0.1, 0.15) is 16.0 Å². The van der Waals surface area contributed by atoms with Crippen molar-refractivity contribution in [3.63, 3.8) is 0 Å². The first-order chi connectivity index (χ1) is 4.95. The van der Waals surface area contributed by atoms with E-state index in [9.17, 15) is 12.8 Å². The molecule has 0 fully saturated rings. The lowest BCUT2D eigenvalue weighted by molar-refractivity contribution is 0.310. The van der Waals surface area contributed by atoms with Gasteiger partial charge in [0, 0.05) is 6.26 Å². The molecule has 0 amide bonds. The SMILES string of the molecule is CS(=O)(=O)CCC(F)CCN. The lowest BCUT2D eigenvalue weighted by Crippen LogP contribution is -2.14. The molecule has 0 saturated carbocycles. The molecule has 0 radical (unpaired) electrons. The summed E-state index contributed by atoms with van der Waals surface area (Å²) in [6.45, 7) is 0.269. The van der Waals surface area contributed by atoms with Gasteiger partial charge in [-0.25, -0.2) is 12.8 Å². The average Bonchev–Trinajstić information content (AvgIpc) is 1.83. The second kappa shape index (κ2) is 4.66. The Hall–Kier alpha value is -0.160. The van der Waals surface area contributed by atoms with E-state index in [1.165, 1.54) is 0 Å². The third kappa shape index (κ3) is 7.74. The van der Waals surface area contributed by atoms with Crippen molar-refractivity contribution in [2.45, 2.75) is 19.0 Å². The van der Waals surface area contributed by atoms with E-state index in [4.69, 9.17) is 5.73 Å². The maximum absolute atomic E-state index is 12.6. The average molecular weight is 183 g/mol. The Morgan fingerprint density at radius 3 is 2.36 bits per heavy atom. The zero-order chi connectivity index (χ0) is 8.91. The van der Waals surface area contributed by atoms with Crippen LogP contribution in [0.25, 0.3) is 0 Å². The van der Waals surface area contributed by atoms with Gasteiger partial charge < -0.3 is 5.73 Å². The van der Waals surface area contributed by atoms with Crippen LogP contribution in [0.3, 0.4) is 0 Å². The fraction of sp³-hybridized carbons (Fsp3) is 1.00. The maximum atomic E-state index is 12.6. The van der Waals surface area contributed by atoms with Gasteiger partial charge in [-0.3, -0.25) is 0 Å². The summed E-state index contributed by atoms with van der Waals surface area (Å²) < 4.78 is 33.7. The molecule has 5 heteroatoms. The number of hydrogen-bond donors (Lipinski definition) is 1. The van der Waals surface area contributed by atoms with Gasteiger partial charge in [-0.05, 0) is 19.4 Å². The van der Waals surface area contributed by atoms with Gasteiger partial charge in [0.05, 0.1) is 5.75 Å². The number of sulfone groups is 1. The second-order valence-electron chi connectivity index (χ2n) is 2.59. The first-order valence-corrected chi connectivity index (χ1v) is 5.53. The molecule has 0 aliphatic heterocycles. The predicted molar refractivity (Wildman–Crippen MR) is 42.9 cm³/mol. The van der Waals surface area contributed by atoms with E-state index < -0.39 is 16.0 Å². The van der Waals surface area contributed by atoms with Crippen LogP contribution in [0.2, 0.25) is 0 Å². The van der Waals surface area contributed by atoms with Crippen molar-refractivity contribution >= 4 is 9.84 Å². The summed E-state index contributed by atoms with van der Waals surface area (Å²) in [5.41, 5.74) is 5.08. The summed E-state index contributed by atoms with van der Waals surface area (Å²) in [4.78, 5) is 0. The van der Waals surface area contributed by atoms with Crippen molar-refractivity contribution < 1.29 is 12.8 Å². The van der Waals surface area contributed by atoms with Crippen molar-refractivity contribution in [3.8, 4) is 0 Å². The highest BCUT2D eigenvalue weighted by Crippen LogP contribution is 2.03. The number of alkyl halides is 1. The number of nitrogens with two attached hydrogens (primary N) is 1. The van der Waals surface area contributed by atoms with Crippen LogP contribution in [0.1, 0.15) is 12.8 Å². The number of halogens is 1. The fourth-order valence-electron chi connectivity index (χ4n) is 0.667. The normalized spacial score (nSPS) is 14.8. The fourth-order valence-corrected chi connectivity index (χ4v) is 1.35. The number of hydrogen-bond acceptors (Lipinski definition) is 3. The second-order valence-corrected chi connectivity index (χ2v) is 4.85. The Kier molecular flexibility index (Phi) is 4.60. The molecule has 0 aromatic rings. The standard InChI is InChI=1S/C6H14FNO2S/c1-11(9,10)5-3-6(7)2-4-8/h6H,2-5,8H2,1H3. The van der Waals surface area contributed by atoms with Gasteiger partial charge in [-0.15, -0.1) is 0 Å². The van der Waals surface area contributed by atoms with Gasteiger partial charge in [0.15, 0.2) is 0 Å². The molecule has 11 heavy (non-hydrogen) atoms. The third-order valence-electron chi connectivity index (χ3n) is 1.28. The molecule has 0 heterocycles. The molecule has 0 aliphatic rings. The van der Waals surface area contributed by atoms with Crippen LogP contribution in [0.4, 0.5) is 4.39 Å². The molecule has 0 spiro atoms. The zero-order valence-electron chi connectivity index (χ0n) is 6.59. The summed E-state index contributed by atoms with van der Waals surface area (Å²) >= 11 is 0. The van der Waals surface area contributed by atoms with Crippen LogP contribution >= 0.6 is 0 Å². The lowest BCUT2D eigenvalue weighted by Gasteiger charge is -2.03. The highest BCUT2D eigenvalue weighted by molar-refractivity contribution is 7.90. The molecule has 1 atom stereocenters.